The highest BCUT2D eigenvalue weighted by molar-refractivity contribution is 7.52. The topological polar surface area (TPSA) is 59.3 Å². The van der Waals surface area contributed by atoms with E-state index < -0.39 is 7.60 Å². The molecule has 1 aromatic rings. The molecule has 4 nitrogen and oxygen atoms in total. The first kappa shape index (κ1) is 11.9. The number of nitriles is 1. The first-order valence-corrected chi connectivity index (χ1v) is 6.06. The van der Waals surface area contributed by atoms with E-state index in [1.165, 1.54) is 14.2 Å². The van der Waals surface area contributed by atoms with Gasteiger partial charge in [0.1, 0.15) is 0 Å². The molecule has 0 saturated heterocycles. The molecule has 0 aliphatic rings. The first-order chi connectivity index (χ1) is 7.15. The van der Waals surface area contributed by atoms with E-state index >= 15 is 0 Å². The van der Waals surface area contributed by atoms with Crippen LogP contribution in [-0.4, -0.2) is 14.2 Å². The predicted octanol–water partition coefficient (Wildman–Crippen LogP) is 2.54. The molecule has 1 rings (SSSR count). The molecular formula is C10H12NO3P. The smallest absolute Gasteiger partial charge is 0.312 e. The third kappa shape index (κ3) is 2.90. The van der Waals surface area contributed by atoms with E-state index in [0.717, 1.165) is 0 Å². The fraction of sp³-hybridized carbons (Fsp3) is 0.300. The summed E-state index contributed by atoms with van der Waals surface area (Å²) >= 11 is 0. The number of nitrogens with zero attached hydrogens (tertiary/aromatic N) is 1. The van der Waals surface area contributed by atoms with E-state index in [0.29, 0.717) is 11.1 Å². The molecule has 0 atom stereocenters. The number of hydrogen-bond donors (Lipinski definition) is 0. The summed E-state index contributed by atoms with van der Waals surface area (Å²) in [4.78, 5) is 0. The average molecular weight is 225 g/mol. The van der Waals surface area contributed by atoms with Crippen molar-refractivity contribution < 1.29 is 13.6 Å². The highest BCUT2D eigenvalue weighted by Gasteiger charge is 2.22. The summed E-state index contributed by atoms with van der Waals surface area (Å²) in [6.45, 7) is 0. The van der Waals surface area contributed by atoms with E-state index in [1.807, 2.05) is 6.07 Å². The zero-order valence-electron chi connectivity index (χ0n) is 8.64. The van der Waals surface area contributed by atoms with Gasteiger partial charge in [0.05, 0.1) is 17.8 Å². The minimum Gasteiger partial charge on any atom is -0.312 e. The van der Waals surface area contributed by atoms with Crippen molar-refractivity contribution in [2.45, 2.75) is 6.16 Å². The SMILES string of the molecule is COP(=O)(Cc1ccccc1C#N)OC. The Balaban J connectivity index is 2.99. The largest absolute Gasteiger partial charge is 0.334 e. The van der Waals surface area contributed by atoms with Gasteiger partial charge in [0.2, 0.25) is 0 Å². The predicted molar refractivity (Wildman–Crippen MR) is 56.5 cm³/mol. The highest BCUT2D eigenvalue weighted by Crippen LogP contribution is 2.50. The van der Waals surface area contributed by atoms with Crippen LogP contribution in [0, 0.1) is 11.3 Å². The molecule has 5 heteroatoms. The minimum absolute atomic E-state index is 0.115. The Bertz CT molecular complexity index is 417. The molecule has 0 saturated carbocycles. The molecule has 0 radical (unpaired) electrons. The van der Waals surface area contributed by atoms with Gasteiger partial charge >= 0.3 is 7.60 Å². The summed E-state index contributed by atoms with van der Waals surface area (Å²) in [6.07, 6.45) is 0.115. The Hall–Kier alpha value is -1.14. The summed E-state index contributed by atoms with van der Waals surface area (Å²) in [5.41, 5.74) is 1.17. The van der Waals surface area contributed by atoms with E-state index in [2.05, 4.69) is 0 Å². The number of rotatable bonds is 4. The molecule has 15 heavy (non-hydrogen) atoms. The third-order valence-electron chi connectivity index (χ3n) is 2.06. The van der Waals surface area contributed by atoms with Gasteiger partial charge in [-0.25, -0.2) is 0 Å². The molecule has 80 valence electrons. The molecule has 0 aliphatic heterocycles. The maximum atomic E-state index is 11.8. The second-order valence-electron chi connectivity index (χ2n) is 2.90. The van der Waals surface area contributed by atoms with Gasteiger partial charge < -0.3 is 9.05 Å². The lowest BCUT2D eigenvalue weighted by Gasteiger charge is -2.13. The van der Waals surface area contributed by atoms with Crippen molar-refractivity contribution in [3.8, 4) is 6.07 Å². The Morgan fingerprint density at radius 2 is 1.93 bits per heavy atom. The van der Waals surface area contributed by atoms with Crippen LogP contribution in [-0.2, 0) is 19.8 Å². The molecule has 0 unspecified atom stereocenters. The van der Waals surface area contributed by atoms with Gasteiger partial charge in [-0.15, -0.1) is 0 Å². The van der Waals surface area contributed by atoms with Crippen molar-refractivity contribution in [1.29, 1.82) is 5.26 Å². The second kappa shape index (κ2) is 5.09. The summed E-state index contributed by atoms with van der Waals surface area (Å²) in [6, 6.07) is 8.99. The van der Waals surface area contributed by atoms with Crippen molar-refractivity contribution in [1.82, 2.24) is 0 Å². The fourth-order valence-corrected chi connectivity index (χ4v) is 2.28. The van der Waals surface area contributed by atoms with Crippen molar-refractivity contribution in [2.24, 2.45) is 0 Å². The van der Waals surface area contributed by atoms with E-state index in [4.69, 9.17) is 14.3 Å². The lowest BCUT2D eigenvalue weighted by Crippen LogP contribution is -1.95. The zero-order valence-corrected chi connectivity index (χ0v) is 9.53. The van der Waals surface area contributed by atoms with Gasteiger partial charge in [-0.2, -0.15) is 5.26 Å². The summed E-state index contributed by atoms with van der Waals surface area (Å²) < 4.78 is 21.5. The Morgan fingerprint density at radius 1 is 1.33 bits per heavy atom. The molecular weight excluding hydrogens is 213 g/mol. The number of hydrogen-bond acceptors (Lipinski definition) is 4. The quantitative estimate of drug-likeness (QED) is 0.739. The summed E-state index contributed by atoms with van der Waals surface area (Å²) in [5.74, 6) is 0. The normalized spacial score (nSPS) is 11.0. The second-order valence-corrected chi connectivity index (χ2v) is 5.17. The molecule has 0 spiro atoms. The highest BCUT2D eigenvalue weighted by atomic mass is 31.2. The van der Waals surface area contributed by atoms with Crippen LogP contribution in [0.1, 0.15) is 11.1 Å². The van der Waals surface area contributed by atoms with Crippen LogP contribution < -0.4 is 0 Å². The van der Waals surface area contributed by atoms with E-state index in [9.17, 15) is 4.57 Å². The van der Waals surface area contributed by atoms with Gasteiger partial charge in [0, 0.05) is 14.2 Å². The fourth-order valence-electron chi connectivity index (χ4n) is 1.18. The van der Waals surface area contributed by atoms with Crippen LogP contribution in [0.3, 0.4) is 0 Å². The van der Waals surface area contributed by atoms with E-state index in [-0.39, 0.29) is 6.16 Å². The van der Waals surface area contributed by atoms with Gasteiger partial charge in [-0.05, 0) is 11.6 Å². The van der Waals surface area contributed by atoms with Crippen LogP contribution >= 0.6 is 7.60 Å². The monoisotopic (exact) mass is 225 g/mol. The first-order valence-electron chi connectivity index (χ1n) is 4.33. The molecule has 0 heterocycles. The van der Waals surface area contributed by atoms with Gasteiger partial charge in [-0.3, -0.25) is 4.57 Å². The van der Waals surface area contributed by atoms with Crippen LogP contribution in [0.25, 0.3) is 0 Å². The van der Waals surface area contributed by atoms with Crippen LogP contribution in [0.5, 0.6) is 0 Å². The molecule has 0 N–H and O–H groups in total. The Labute approximate surface area is 89.0 Å². The molecule has 0 fully saturated rings. The molecule has 0 amide bonds. The van der Waals surface area contributed by atoms with Crippen molar-refractivity contribution in [2.75, 3.05) is 14.2 Å². The molecule has 0 bridgehead atoms. The standard InChI is InChI=1S/C10H12NO3P/c1-13-15(12,14-2)8-10-6-4-3-5-9(10)7-11/h3-6H,8H2,1-2H3. The summed E-state index contributed by atoms with van der Waals surface area (Å²) in [7, 11) is -0.429. The van der Waals surface area contributed by atoms with Crippen LogP contribution in [0.2, 0.25) is 0 Å². The molecule has 0 aromatic heterocycles. The summed E-state index contributed by atoms with van der Waals surface area (Å²) in [5, 5.41) is 8.84. The van der Waals surface area contributed by atoms with Crippen LogP contribution in [0.4, 0.5) is 0 Å². The lowest BCUT2D eigenvalue weighted by molar-refractivity contribution is 0.275. The Kier molecular flexibility index (Phi) is 4.05. The maximum Gasteiger partial charge on any atom is 0.334 e. The van der Waals surface area contributed by atoms with E-state index in [1.54, 1.807) is 24.3 Å². The van der Waals surface area contributed by atoms with Crippen molar-refractivity contribution >= 4 is 7.60 Å². The Morgan fingerprint density at radius 3 is 2.47 bits per heavy atom. The lowest BCUT2D eigenvalue weighted by atomic mass is 10.1. The van der Waals surface area contributed by atoms with Gasteiger partial charge in [0.15, 0.2) is 0 Å². The number of benzene rings is 1. The van der Waals surface area contributed by atoms with Crippen molar-refractivity contribution in [3.05, 3.63) is 35.4 Å². The zero-order chi connectivity index (χ0) is 11.3. The van der Waals surface area contributed by atoms with Crippen LogP contribution in [0.15, 0.2) is 24.3 Å². The maximum absolute atomic E-state index is 11.8. The van der Waals surface area contributed by atoms with Crippen molar-refractivity contribution in [3.63, 3.8) is 0 Å². The molecule has 1 aromatic carbocycles. The third-order valence-corrected chi connectivity index (χ3v) is 3.90. The molecule has 0 aliphatic carbocycles. The average Bonchev–Trinajstić information content (AvgIpc) is 2.29. The van der Waals surface area contributed by atoms with Gasteiger partial charge in [-0.1, -0.05) is 18.2 Å². The van der Waals surface area contributed by atoms with Gasteiger partial charge in [0.25, 0.3) is 0 Å². The minimum atomic E-state index is -3.09.